The van der Waals surface area contributed by atoms with Crippen molar-refractivity contribution in [1.29, 1.82) is 0 Å². The van der Waals surface area contributed by atoms with Crippen molar-refractivity contribution < 1.29 is 51.8 Å². The quantitative estimate of drug-likeness (QED) is 0.267. The second-order valence-electron chi connectivity index (χ2n) is 3.97. The summed E-state index contributed by atoms with van der Waals surface area (Å²) in [5.74, 6) is 2.33. The van der Waals surface area contributed by atoms with Gasteiger partial charge in [-0.25, -0.2) is 0 Å². The SMILES string of the molecule is O=C(CCCC[CH2][Zn+])OC1CCSCC1.[I-]. The molecule has 0 unspecified atom stereocenters. The molecule has 0 saturated carbocycles. The van der Waals surface area contributed by atoms with Crippen molar-refractivity contribution in [3.63, 3.8) is 0 Å². The van der Waals surface area contributed by atoms with E-state index in [0.29, 0.717) is 6.42 Å². The maximum absolute atomic E-state index is 11.5. The van der Waals surface area contributed by atoms with Gasteiger partial charge in [0.1, 0.15) is 0 Å². The summed E-state index contributed by atoms with van der Waals surface area (Å²) in [5.41, 5.74) is 0. The van der Waals surface area contributed by atoms with E-state index in [0.717, 1.165) is 30.8 Å². The molecule has 0 bridgehead atoms. The van der Waals surface area contributed by atoms with Crippen LogP contribution < -0.4 is 24.0 Å². The van der Waals surface area contributed by atoms with Gasteiger partial charge >= 0.3 is 107 Å². The molecule has 0 aliphatic carbocycles. The largest absolute Gasteiger partial charge is 1.00 e. The van der Waals surface area contributed by atoms with Crippen molar-refractivity contribution in [2.24, 2.45) is 0 Å². The molecule has 16 heavy (non-hydrogen) atoms. The number of halogens is 1. The van der Waals surface area contributed by atoms with Crippen LogP contribution in [-0.2, 0) is 27.8 Å². The van der Waals surface area contributed by atoms with E-state index in [9.17, 15) is 4.79 Å². The maximum Gasteiger partial charge on any atom is -1.00 e. The average molecular weight is 408 g/mol. The van der Waals surface area contributed by atoms with Gasteiger partial charge in [0.2, 0.25) is 0 Å². The fourth-order valence-electron chi connectivity index (χ4n) is 1.66. The molecule has 0 atom stereocenters. The van der Waals surface area contributed by atoms with E-state index in [1.165, 1.54) is 36.2 Å². The van der Waals surface area contributed by atoms with Crippen molar-refractivity contribution in [3.05, 3.63) is 0 Å². The predicted molar refractivity (Wildman–Crippen MR) is 59.7 cm³/mol. The van der Waals surface area contributed by atoms with Crippen LogP contribution in [0.3, 0.4) is 0 Å². The van der Waals surface area contributed by atoms with E-state index >= 15 is 0 Å². The van der Waals surface area contributed by atoms with Gasteiger partial charge in [0, 0.05) is 0 Å². The van der Waals surface area contributed by atoms with Gasteiger partial charge in [-0.2, -0.15) is 0 Å². The average Bonchev–Trinajstić information content (AvgIpc) is 2.26. The van der Waals surface area contributed by atoms with Crippen LogP contribution >= 0.6 is 11.8 Å². The third-order valence-corrected chi connectivity index (χ3v) is 4.70. The van der Waals surface area contributed by atoms with E-state index in [-0.39, 0.29) is 36.0 Å². The van der Waals surface area contributed by atoms with Crippen LogP contribution in [0.5, 0.6) is 0 Å². The summed E-state index contributed by atoms with van der Waals surface area (Å²) < 4.78 is 5.43. The molecular weight excluding hydrogens is 388 g/mol. The van der Waals surface area contributed by atoms with Crippen LogP contribution in [0.15, 0.2) is 0 Å². The van der Waals surface area contributed by atoms with Crippen molar-refractivity contribution in [2.45, 2.75) is 49.6 Å². The van der Waals surface area contributed by atoms with Gasteiger partial charge in [-0.3, -0.25) is 0 Å². The third kappa shape index (κ3) is 8.29. The molecule has 1 rings (SSSR count). The van der Waals surface area contributed by atoms with E-state index in [2.05, 4.69) is 0 Å². The standard InChI is InChI=1S/C11H19O2S.HI.Zn/c1-2-3-4-5-11(12)13-10-6-8-14-9-7-10;;/h10H,1-9H2;1H;/q;;+1/p-1. The summed E-state index contributed by atoms with van der Waals surface area (Å²) in [7, 11) is 0. The Labute approximate surface area is 130 Å². The molecule has 0 aromatic rings. The van der Waals surface area contributed by atoms with Crippen LogP contribution in [-0.4, -0.2) is 23.6 Å². The van der Waals surface area contributed by atoms with Gasteiger partial charge in [-0.1, -0.05) is 0 Å². The van der Waals surface area contributed by atoms with Crippen LogP contribution in [0.1, 0.15) is 38.5 Å². The normalized spacial score (nSPS) is 16.6. The number of carbonyl (C=O) groups is 1. The Balaban J connectivity index is 0.00000225. The van der Waals surface area contributed by atoms with Gasteiger partial charge in [0.15, 0.2) is 0 Å². The van der Waals surface area contributed by atoms with Gasteiger partial charge in [-0.15, -0.1) is 0 Å². The second kappa shape index (κ2) is 11.3. The van der Waals surface area contributed by atoms with Gasteiger partial charge in [0.05, 0.1) is 0 Å². The number of hydrogen-bond acceptors (Lipinski definition) is 3. The number of carbonyl (C=O) groups excluding carboxylic acids is 1. The fraction of sp³-hybridized carbons (Fsp3) is 0.909. The van der Waals surface area contributed by atoms with Gasteiger partial charge in [0.25, 0.3) is 0 Å². The Morgan fingerprint density at radius 3 is 2.56 bits per heavy atom. The third-order valence-electron chi connectivity index (χ3n) is 2.60. The summed E-state index contributed by atoms with van der Waals surface area (Å²) in [6.07, 6.45) is 6.44. The Morgan fingerprint density at radius 2 is 1.94 bits per heavy atom. The zero-order valence-corrected chi connectivity index (χ0v) is 15.7. The summed E-state index contributed by atoms with van der Waals surface area (Å²) in [5, 5.41) is 1.34. The molecular formula is C11H19IO2SZn. The van der Waals surface area contributed by atoms with Crippen LogP contribution in [0.4, 0.5) is 0 Å². The van der Waals surface area contributed by atoms with E-state index in [4.69, 9.17) is 4.74 Å². The number of hydrogen-bond donors (Lipinski definition) is 0. The fourth-order valence-corrected chi connectivity index (χ4v) is 3.47. The topological polar surface area (TPSA) is 26.3 Å². The molecule has 0 spiro atoms. The Hall–Kier alpha value is 1.17. The predicted octanol–water partition coefficient (Wildman–Crippen LogP) is -0.0453. The minimum absolute atomic E-state index is 0. The Morgan fingerprint density at radius 1 is 1.25 bits per heavy atom. The molecule has 0 aromatic heterocycles. The summed E-state index contributed by atoms with van der Waals surface area (Å²) in [6, 6.07) is 0. The first-order chi connectivity index (χ1) is 7.33. The molecule has 1 fully saturated rings. The van der Waals surface area contributed by atoms with Crippen molar-refractivity contribution in [2.75, 3.05) is 11.5 Å². The van der Waals surface area contributed by atoms with E-state index < -0.39 is 0 Å². The van der Waals surface area contributed by atoms with Crippen LogP contribution in [0.2, 0.25) is 5.02 Å². The van der Waals surface area contributed by atoms with Crippen LogP contribution in [0.25, 0.3) is 0 Å². The van der Waals surface area contributed by atoms with Gasteiger partial charge in [-0.05, 0) is 0 Å². The van der Waals surface area contributed by atoms with E-state index in [1.807, 2.05) is 11.8 Å². The Kier molecular flexibility index (Phi) is 12.1. The first-order valence-corrected chi connectivity index (χ1v) is 9.14. The number of esters is 1. The molecule has 1 aliphatic rings. The molecule has 0 radical (unpaired) electrons. The summed E-state index contributed by atoms with van der Waals surface area (Å²) in [6.45, 7) is 0. The monoisotopic (exact) mass is 406 g/mol. The first kappa shape index (κ1) is 17.2. The summed E-state index contributed by atoms with van der Waals surface area (Å²) in [4.78, 5) is 11.5. The molecule has 1 aliphatic heterocycles. The number of rotatable bonds is 6. The minimum atomic E-state index is 0. The van der Waals surface area contributed by atoms with Crippen molar-refractivity contribution in [1.82, 2.24) is 0 Å². The number of unbranched alkanes of at least 4 members (excludes halogenated alkanes) is 2. The maximum atomic E-state index is 11.5. The molecule has 0 amide bonds. The van der Waals surface area contributed by atoms with E-state index in [1.54, 1.807) is 0 Å². The molecule has 1 saturated heterocycles. The van der Waals surface area contributed by atoms with Crippen molar-refractivity contribution in [3.8, 4) is 0 Å². The summed E-state index contributed by atoms with van der Waals surface area (Å²) >= 11 is 3.34. The van der Waals surface area contributed by atoms with Crippen molar-refractivity contribution >= 4 is 17.7 Å². The Bertz CT molecular complexity index is 187. The molecule has 1 heterocycles. The van der Waals surface area contributed by atoms with Crippen LogP contribution in [0, 0.1) is 0 Å². The minimum Gasteiger partial charge on any atom is -1.00 e. The number of ether oxygens (including phenoxy) is 1. The molecule has 90 valence electrons. The molecule has 2 nitrogen and oxygen atoms in total. The first-order valence-electron chi connectivity index (χ1n) is 5.89. The van der Waals surface area contributed by atoms with Gasteiger partial charge < -0.3 is 24.0 Å². The molecule has 0 aromatic carbocycles. The molecule has 0 N–H and O–H groups in total. The zero-order valence-electron chi connectivity index (χ0n) is 9.75. The molecule has 5 heteroatoms. The zero-order chi connectivity index (χ0) is 10.9. The second-order valence-corrected chi connectivity index (χ2v) is 6.67. The smallest absolute Gasteiger partial charge is 1.00 e. The number of thioether (sulfide) groups is 1.